The molecule has 17 nitrogen and oxygen atoms in total. The zero-order chi connectivity index (χ0) is 63.8. The Balaban J connectivity index is 5.27. The van der Waals surface area contributed by atoms with Crippen LogP contribution in [0.15, 0.2) is 0 Å². The summed E-state index contributed by atoms with van der Waals surface area (Å²) < 4.78 is 68.2. The van der Waals surface area contributed by atoms with Crippen molar-refractivity contribution < 1.29 is 80.2 Å². The minimum atomic E-state index is -4.95. The molecule has 19 heteroatoms. The predicted molar refractivity (Wildman–Crippen MR) is 344 cm³/mol. The smallest absolute Gasteiger partial charge is 0.462 e. The number of hydrogen-bond acceptors (Lipinski definition) is 15. The first kappa shape index (κ1) is 84.1. The second-order valence-electron chi connectivity index (χ2n) is 24.9. The molecule has 5 unspecified atom stereocenters. The highest BCUT2D eigenvalue weighted by molar-refractivity contribution is 7.47. The Labute approximate surface area is 524 Å². The van der Waals surface area contributed by atoms with E-state index in [9.17, 15) is 43.2 Å². The van der Waals surface area contributed by atoms with Crippen LogP contribution in [0, 0.1) is 17.8 Å². The molecule has 0 saturated carbocycles. The number of unbranched alkanes of at least 4 members (excludes halogenated alkanes) is 30. The number of aliphatic hydroxyl groups is 1. The molecular weight excluding hydrogens is 1140 g/mol. The van der Waals surface area contributed by atoms with Gasteiger partial charge in [-0.05, 0) is 43.4 Å². The summed E-state index contributed by atoms with van der Waals surface area (Å²) in [7, 11) is -9.90. The van der Waals surface area contributed by atoms with E-state index < -0.39 is 97.5 Å². The summed E-state index contributed by atoms with van der Waals surface area (Å²) in [6.45, 7) is 11.8. The van der Waals surface area contributed by atoms with Gasteiger partial charge in [-0.3, -0.25) is 37.3 Å². The summed E-state index contributed by atoms with van der Waals surface area (Å²) in [5.41, 5.74) is 0. The maximum Gasteiger partial charge on any atom is 0.472 e. The molecule has 0 aliphatic heterocycles. The molecule has 0 rings (SSSR count). The van der Waals surface area contributed by atoms with E-state index in [1.54, 1.807) is 0 Å². The summed E-state index contributed by atoms with van der Waals surface area (Å²) >= 11 is 0. The van der Waals surface area contributed by atoms with Gasteiger partial charge in [-0.1, -0.05) is 280 Å². The van der Waals surface area contributed by atoms with Crippen LogP contribution in [-0.2, 0) is 65.4 Å². The topological polar surface area (TPSA) is 237 Å². The second kappa shape index (κ2) is 58.2. The SMILES string of the molecule is CCCCCCCCCCCCC(=O)OC[C@H](COP(=O)(O)OC[C@H](O)COP(=O)(O)OC[C@@H](COC(=O)CCCCCCCCCCC(C)CC)OC(=O)CCCCCCCCCCC(C)CC)OC(=O)CCCCCCCCCCC(C)CC. The lowest BCUT2D eigenvalue weighted by atomic mass is 9.99. The van der Waals surface area contributed by atoms with Crippen molar-refractivity contribution in [1.82, 2.24) is 0 Å². The quantitative estimate of drug-likeness (QED) is 0.0222. The van der Waals surface area contributed by atoms with Gasteiger partial charge < -0.3 is 33.8 Å². The van der Waals surface area contributed by atoms with Crippen LogP contribution in [0.5, 0.6) is 0 Å². The molecule has 0 radical (unpaired) electrons. The molecule has 0 aliphatic carbocycles. The van der Waals surface area contributed by atoms with Gasteiger partial charge >= 0.3 is 39.5 Å². The van der Waals surface area contributed by atoms with Gasteiger partial charge in [0, 0.05) is 25.7 Å². The number of ether oxygens (including phenoxy) is 4. The molecule has 0 saturated heterocycles. The lowest BCUT2D eigenvalue weighted by molar-refractivity contribution is -0.161. The van der Waals surface area contributed by atoms with Gasteiger partial charge in [-0.15, -0.1) is 0 Å². The van der Waals surface area contributed by atoms with Gasteiger partial charge in [0.15, 0.2) is 12.2 Å². The lowest BCUT2D eigenvalue weighted by Gasteiger charge is -2.21. The highest BCUT2D eigenvalue weighted by atomic mass is 31.2. The van der Waals surface area contributed by atoms with Gasteiger partial charge in [0.25, 0.3) is 0 Å². The Kier molecular flexibility index (Phi) is 56.9. The normalized spacial score (nSPS) is 15.2. The molecule has 0 fully saturated rings. The molecule has 8 atom stereocenters. The molecule has 0 spiro atoms. The van der Waals surface area contributed by atoms with E-state index in [1.165, 1.54) is 141 Å². The van der Waals surface area contributed by atoms with Crippen LogP contribution in [0.3, 0.4) is 0 Å². The van der Waals surface area contributed by atoms with E-state index in [0.717, 1.165) is 108 Å². The van der Waals surface area contributed by atoms with Crippen LogP contribution in [0.4, 0.5) is 0 Å². The summed E-state index contributed by atoms with van der Waals surface area (Å²) in [4.78, 5) is 72.4. The van der Waals surface area contributed by atoms with Gasteiger partial charge in [0.2, 0.25) is 0 Å². The highest BCUT2D eigenvalue weighted by Crippen LogP contribution is 2.45. The number of rotatable bonds is 65. The summed E-state index contributed by atoms with van der Waals surface area (Å²) in [6.07, 6.45) is 40.1. The van der Waals surface area contributed by atoms with Crippen molar-refractivity contribution >= 4 is 39.5 Å². The number of carbonyl (C=O) groups excluding carboxylic acids is 4. The van der Waals surface area contributed by atoms with Crippen LogP contribution < -0.4 is 0 Å². The highest BCUT2D eigenvalue weighted by Gasteiger charge is 2.30. The van der Waals surface area contributed by atoms with Crippen molar-refractivity contribution in [1.29, 1.82) is 0 Å². The molecule has 86 heavy (non-hydrogen) atoms. The van der Waals surface area contributed by atoms with Crippen LogP contribution in [-0.4, -0.2) is 96.7 Å². The van der Waals surface area contributed by atoms with Crippen molar-refractivity contribution in [2.45, 2.75) is 349 Å². The number of aliphatic hydroxyl groups excluding tert-OH is 1. The van der Waals surface area contributed by atoms with Crippen LogP contribution in [0.25, 0.3) is 0 Å². The van der Waals surface area contributed by atoms with Gasteiger partial charge in [0.1, 0.15) is 19.3 Å². The Bertz CT molecular complexity index is 1700. The third kappa shape index (κ3) is 57.2. The predicted octanol–water partition coefficient (Wildman–Crippen LogP) is 18.7. The first-order chi connectivity index (χ1) is 41.3. The van der Waals surface area contributed by atoms with Crippen molar-refractivity contribution in [3.8, 4) is 0 Å². The van der Waals surface area contributed by atoms with Gasteiger partial charge in [-0.25, -0.2) is 9.13 Å². The average Bonchev–Trinajstić information content (AvgIpc) is 3.67. The molecule has 0 aliphatic rings. The van der Waals surface area contributed by atoms with Gasteiger partial charge in [0.05, 0.1) is 26.4 Å². The van der Waals surface area contributed by atoms with Crippen LogP contribution in [0.1, 0.15) is 331 Å². The van der Waals surface area contributed by atoms with E-state index in [4.69, 9.17) is 37.0 Å². The first-order valence-electron chi connectivity index (χ1n) is 35.0. The van der Waals surface area contributed by atoms with E-state index in [1.807, 2.05) is 0 Å². The first-order valence-corrected chi connectivity index (χ1v) is 38.0. The minimum absolute atomic E-state index is 0.104. The molecular formula is C67H130O17P2. The third-order valence-corrected chi connectivity index (χ3v) is 18.4. The number of carbonyl (C=O) groups is 4. The third-order valence-electron chi connectivity index (χ3n) is 16.5. The van der Waals surface area contributed by atoms with Gasteiger partial charge in [-0.2, -0.15) is 0 Å². The minimum Gasteiger partial charge on any atom is -0.462 e. The molecule has 0 heterocycles. The lowest BCUT2D eigenvalue weighted by Crippen LogP contribution is -2.30. The zero-order valence-electron chi connectivity index (χ0n) is 55.8. The summed E-state index contributed by atoms with van der Waals surface area (Å²) in [5.74, 6) is 0.183. The van der Waals surface area contributed by atoms with Crippen molar-refractivity contribution in [2.75, 3.05) is 39.6 Å². The largest absolute Gasteiger partial charge is 0.472 e. The molecule has 0 aromatic carbocycles. The maximum absolute atomic E-state index is 13.0. The average molecular weight is 1270 g/mol. The van der Waals surface area contributed by atoms with Crippen molar-refractivity contribution in [3.63, 3.8) is 0 Å². The Hall–Kier alpha value is -1.94. The van der Waals surface area contributed by atoms with E-state index in [0.29, 0.717) is 25.7 Å². The van der Waals surface area contributed by atoms with E-state index in [2.05, 4.69) is 48.5 Å². The number of esters is 4. The second-order valence-corrected chi connectivity index (χ2v) is 27.8. The number of phosphoric acid groups is 2. The number of hydrogen-bond donors (Lipinski definition) is 3. The monoisotopic (exact) mass is 1270 g/mol. The molecule has 510 valence electrons. The van der Waals surface area contributed by atoms with Crippen LogP contribution >= 0.6 is 15.6 Å². The van der Waals surface area contributed by atoms with E-state index in [-0.39, 0.29) is 25.7 Å². The van der Waals surface area contributed by atoms with Crippen molar-refractivity contribution in [2.24, 2.45) is 17.8 Å². The molecule has 3 N–H and O–H groups in total. The summed E-state index contributed by atoms with van der Waals surface area (Å²) in [5, 5.41) is 10.6. The standard InChI is InChI=1S/C67H130O17P2/c1-8-12-13-14-15-16-17-27-34-41-48-64(69)77-54-62(83-66(71)50-43-36-29-22-19-25-32-39-46-59(6)10-3)56-81-85(73,74)79-52-61(68)53-80-86(75,76)82-57-63(84-67(72)51-44-37-30-23-20-26-33-40-47-60(7)11-4)55-78-65(70)49-42-35-28-21-18-24-31-38-45-58(5)9-2/h58-63,68H,8-57H2,1-7H3,(H,73,74)(H,75,76)/t58?,59?,60?,61-,62+,63+/m0/s1. The Morgan fingerprint density at radius 2 is 0.558 bits per heavy atom. The fourth-order valence-electron chi connectivity index (χ4n) is 9.91. The fraction of sp³-hybridized carbons (Fsp3) is 0.940. The van der Waals surface area contributed by atoms with Crippen LogP contribution in [0.2, 0.25) is 0 Å². The molecule has 0 bridgehead atoms. The van der Waals surface area contributed by atoms with Crippen molar-refractivity contribution in [3.05, 3.63) is 0 Å². The molecule has 0 aromatic rings. The zero-order valence-corrected chi connectivity index (χ0v) is 57.6. The van der Waals surface area contributed by atoms with E-state index >= 15 is 0 Å². The molecule has 0 aromatic heterocycles. The molecule has 0 amide bonds. The maximum atomic E-state index is 13.0. The fourth-order valence-corrected chi connectivity index (χ4v) is 11.5. The summed E-state index contributed by atoms with van der Waals surface area (Å²) in [6, 6.07) is 0. The Morgan fingerprint density at radius 3 is 0.826 bits per heavy atom. The number of phosphoric ester groups is 2. The Morgan fingerprint density at radius 1 is 0.326 bits per heavy atom.